The zero-order valence-corrected chi connectivity index (χ0v) is 9.92. The van der Waals surface area contributed by atoms with Crippen molar-refractivity contribution in [3.63, 3.8) is 0 Å². The van der Waals surface area contributed by atoms with Crippen LogP contribution in [0.15, 0.2) is 0 Å². The van der Waals surface area contributed by atoms with E-state index in [4.69, 9.17) is 0 Å². The van der Waals surface area contributed by atoms with Gasteiger partial charge in [-0.2, -0.15) is 0 Å². The van der Waals surface area contributed by atoms with Gasteiger partial charge in [0.05, 0.1) is 5.60 Å². The molecule has 1 N–H and O–H groups in total. The van der Waals surface area contributed by atoms with Crippen LogP contribution in [-0.4, -0.2) is 35.7 Å². The molecular weight excluding hydrogens is 174 g/mol. The minimum absolute atomic E-state index is 0.358. The van der Waals surface area contributed by atoms with Crippen LogP contribution in [0.25, 0.3) is 0 Å². The lowest BCUT2D eigenvalue weighted by Gasteiger charge is -2.39. The van der Waals surface area contributed by atoms with Crippen LogP contribution in [0.3, 0.4) is 0 Å². The Labute approximate surface area is 88.3 Å². The average Bonchev–Trinajstić information content (AvgIpc) is 2.15. The van der Waals surface area contributed by atoms with Crippen molar-refractivity contribution >= 4 is 0 Å². The van der Waals surface area contributed by atoms with Crippen LogP contribution < -0.4 is 0 Å². The summed E-state index contributed by atoms with van der Waals surface area (Å²) in [6, 6.07) is 0.589. The first-order valence-electron chi connectivity index (χ1n) is 5.96. The molecule has 0 amide bonds. The topological polar surface area (TPSA) is 23.5 Å². The lowest BCUT2D eigenvalue weighted by Crippen LogP contribution is -2.43. The third-order valence-corrected chi connectivity index (χ3v) is 3.52. The van der Waals surface area contributed by atoms with E-state index in [9.17, 15) is 5.11 Å². The van der Waals surface area contributed by atoms with E-state index in [-0.39, 0.29) is 5.60 Å². The van der Waals surface area contributed by atoms with Crippen molar-refractivity contribution in [2.45, 2.75) is 63.5 Å². The van der Waals surface area contributed by atoms with Gasteiger partial charge in [-0.1, -0.05) is 19.8 Å². The number of unbranched alkanes of at least 4 members (excludes halogenated alkanes) is 1. The lowest BCUT2D eigenvalue weighted by molar-refractivity contribution is -0.0308. The third kappa shape index (κ3) is 3.25. The smallest absolute Gasteiger partial charge is 0.0662 e. The molecule has 0 heterocycles. The second-order valence-electron chi connectivity index (χ2n) is 5.04. The van der Waals surface area contributed by atoms with Gasteiger partial charge in [0.15, 0.2) is 0 Å². The fourth-order valence-corrected chi connectivity index (χ4v) is 2.48. The predicted molar refractivity (Wildman–Crippen MR) is 60.4 cm³/mol. The molecule has 1 aliphatic carbocycles. The summed E-state index contributed by atoms with van der Waals surface area (Å²) in [4.78, 5) is 2.26. The summed E-state index contributed by atoms with van der Waals surface area (Å²) >= 11 is 0. The molecular formula is C12H25NO. The fourth-order valence-electron chi connectivity index (χ4n) is 2.48. The first kappa shape index (κ1) is 12.0. The number of aliphatic hydroxyl groups is 1. The summed E-state index contributed by atoms with van der Waals surface area (Å²) < 4.78 is 0. The molecule has 84 valence electrons. The summed E-state index contributed by atoms with van der Waals surface area (Å²) in [5.41, 5.74) is -0.358. The van der Waals surface area contributed by atoms with Crippen molar-refractivity contribution in [1.29, 1.82) is 0 Å². The van der Waals surface area contributed by atoms with Gasteiger partial charge in [-0.05, 0) is 46.2 Å². The van der Waals surface area contributed by atoms with Crippen molar-refractivity contribution < 1.29 is 5.11 Å². The van der Waals surface area contributed by atoms with Crippen molar-refractivity contribution in [3.8, 4) is 0 Å². The van der Waals surface area contributed by atoms with Crippen LogP contribution in [-0.2, 0) is 0 Å². The molecule has 0 aliphatic heterocycles. The normalized spacial score (nSPS) is 33.6. The average molecular weight is 199 g/mol. The first-order valence-corrected chi connectivity index (χ1v) is 5.96. The SMILES string of the molecule is CCCC[C@]1(O)CCC[C@@H](N(C)C)C1. The molecule has 1 rings (SSSR count). The largest absolute Gasteiger partial charge is 0.390 e. The maximum Gasteiger partial charge on any atom is 0.0662 e. The van der Waals surface area contributed by atoms with Crippen LogP contribution in [0.5, 0.6) is 0 Å². The summed E-state index contributed by atoms with van der Waals surface area (Å²) in [5.74, 6) is 0. The van der Waals surface area contributed by atoms with E-state index in [0.29, 0.717) is 6.04 Å². The van der Waals surface area contributed by atoms with E-state index in [1.165, 1.54) is 19.3 Å². The molecule has 2 heteroatoms. The minimum Gasteiger partial charge on any atom is -0.390 e. The molecule has 14 heavy (non-hydrogen) atoms. The molecule has 2 atom stereocenters. The van der Waals surface area contributed by atoms with Gasteiger partial charge >= 0.3 is 0 Å². The minimum atomic E-state index is -0.358. The zero-order valence-electron chi connectivity index (χ0n) is 9.92. The van der Waals surface area contributed by atoms with Gasteiger partial charge in [-0.3, -0.25) is 0 Å². The van der Waals surface area contributed by atoms with E-state index < -0.39 is 0 Å². The van der Waals surface area contributed by atoms with Gasteiger partial charge in [0.2, 0.25) is 0 Å². The standard InChI is InChI=1S/C12H25NO/c1-4-5-8-12(14)9-6-7-11(10-12)13(2)3/h11,14H,4-10H2,1-3H3/t11-,12+/m1/s1. The number of hydrogen-bond donors (Lipinski definition) is 1. The van der Waals surface area contributed by atoms with Crippen LogP contribution in [0.4, 0.5) is 0 Å². The molecule has 0 unspecified atom stereocenters. The van der Waals surface area contributed by atoms with Gasteiger partial charge < -0.3 is 10.0 Å². The Bertz CT molecular complexity index is 170. The second-order valence-corrected chi connectivity index (χ2v) is 5.04. The summed E-state index contributed by atoms with van der Waals surface area (Å²) in [7, 11) is 4.24. The molecule has 1 fully saturated rings. The predicted octanol–water partition coefficient (Wildman–Crippen LogP) is 2.41. The van der Waals surface area contributed by atoms with Gasteiger partial charge in [-0.25, -0.2) is 0 Å². The van der Waals surface area contributed by atoms with Crippen LogP contribution >= 0.6 is 0 Å². The molecule has 0 radical (unpaired) electrons. The molecule has 0 saturated heterocycles. The highest BCUT2D eigenvalue weighted by atomic mass is 16.3. The molecule has 0 spiro atoms. The lowest BCUT2D eigenvalue weighted by atomic mass is 9.78. The van der Waals surface area contributed by atoms with Crippen molar-refractivity contribution in [2.75, 3.05) is 14.1 Å². The number of nitrogens with zero attached hydrogens (tertiary/aromatic N) is 1. The highest BCUT2D eigenvalue weighted by Gasteiger charge is 2.34. The summed E-state index contributed by atoms with van der Waals surface area (Å²) in [6.07, 6.45) is 7.77. The molecule has 0 aromatic carbocycles. The molecule has 0 aromatic rings. The summed E-state index contributed by atoms with van der Waals surface area (Å²) in [6.45, 7) is 2.19. The zero-order chi connectivity index (χ0) is 10.6. The van der Waals surface area contributed by atoms with Crippen LogP contribution in [0, 0.1) is 0 Å². The maximum absolute atomic E-state index is 10.4. The van der Waals surface area contributed by atoms with E-state index >= 15 is 0 Å². The molecule has 0 aromatic heterocycles. The van der Waals surface area contributed by atoms with Gasteiger partial charge in [0.25, 0.3) is 0 Å². The molecule has 2 nitrogen and oxygen atoms in total. The highest BCUT2D eigenvalue weighted by molar-refractivity contribution is 4.89. The maximum atomic E-state index is 10.4. The number of hydrogen-bond acceptors (Lipinski definition) is 2. The third-order valence-electron chi connectivity index (χ3n) is 3.52. The first-order chi connectivity index (χ1) is 6.57. The second kappa shape index (κ2) is 5.13. The van der Waals surface area contributed by atoms with E-state index in [1.807, 2.05) is 0 Å². The highest BCUT2D eigenvalue weighted by Crippen LogP contribution is 2.33. The van der Waals surface area contributed by atoms with E-state index in [0.717, 1.165) is 25.7 Å². The Hall–Kier alpha value is -0.0800. The van der Waals surface area contributed by atoms with Crippen molar-refractivity contribution in [2.24, 2.45) is 0 Å². The van der Waals surface area contributed by atoms with Crippen molar-refractivity contribution in [1.82, 2.24) is 4.90 Å². The quantitative estimate of drug-likeness (QED) is 0.751. The van der Waals surface area contributed by atoms with Gasteiger partial charge in [0.1, 0.15) is 0 Å². The summed E-state index contributed by atoms with van der Waals surface area (Å²) in [5, 5.41) is 10.4. The molecule has 1 saturated carbocycles. The van der Waals surface area contributed by atoms with Crippen LogP contribution in [0.2, 0.25) is 0 Å². The van der Waals surface area contributed by atoms with E-state index in [1.54, 1.807) is 0 Å². The fraction of sp³-hybridized carbons (Fsp3) is 1.00. The van der Waals surface area contributed by atoms with E-state index in [2.05, 4.69) is 25.9 Å². The molecule has 0 bridgehead atoms. The van der Waals surface area contributed by atoms with Gasteiger partial charge in [-0.15, -0.1) is 0 Å². The Kier molecular flexibility index (Phi) is 4.39. The Morgan fingerprint density at radius 1 is 1.43 bits per heavy atom. The van der Waals surface area contributed by atoms with Crippen LogP contribution in [0.1, 0.15) is 51.9 Å². The van der Waals surface area contributed by atoms with Gasteiger partial charge in [0, 0.05) is 6.04 Å². The molecule has 1 aliphatic rings. The number of rotatable bonds is 4. The monoisotopic (exact) mass is 199 g/mol. The Morgan fingerprint density at radius 2 is 2.14 bits per heavy atom. The Morgan fingerprint density at radius 3 is 2.71 bits per heavy atom. The Balaban J connectivity index is 2.44. The van der Waals surface area contributed by atoms with Crippen molar-refractivity contribution in [3.05, 3.63) is 0 Å².